The molecule has 0 fully saturated rings. The number of carbonyl (C=O) groups excluding carboxylic acids is 1. The smallest absolute Gasteiger partial charge is 0.220 e. The van der Waals surface area contributed by atoms with E-state index < -0.39 is 0 Å². The van der Waals surface area contributed by atoms with Crippen LogP contribution in [0.15, 0.2) is 53.1 Å². The van der Waals surface area contributed by atoms with Gasteiger partial charge in [-0.15, -0.1) is 0 Å². The zero-order valence-corrected chi connectivity index (χ0v) is 15.6. The number of aromatic nitrogens is 2. The average molecular weight is 402 g/mol. The van der Waals surface area contributed by atoms with Crippen LogP contribution in [-0.4, -0.2) is 35.6 Å². The minimum Gasteiger partial charge on any atom is -0.383 e. The number of nitrogens with one attached hydrogen (secondary N) is 1. The number of pyridine rings is 1. The minimum atomic E-state index is 0.0182. The molecule has 0 aliphatic heterocycles. The van der Waals surface area contributed by atoms with Crippen LogP contribution in [0.3, 0.4) is 0 Å². The van der Waals surface area contributed by atoms with Crippen molar-refractivity contribution in [2.75, 3.05) is 20.3 Å². The predicted octanol–water partition coefficient (Wildman–Crippen LogP) is 3.46. The van der Waals surface area contributed by atoms with Crippen molar-refractivity contribution in [3.63, 3.8) is 0 Å². The number of benzene rings is 1. The molecule has 6 heteroatoms. The SMILES string of the molecule is COCCNC(=O)CCc1c(-c2ccc(Br)cc2)nc2ccccn12. The summed E-state index contributed by atoms with van der Waals surface area (Å²) in [5.41, 5.74) is 3.89. The summed E-state index contributed by atoms with van der Waals surface area (Å²) in [4.78, 5) is 16.8. The number of fused-ring (bicyclic) bond motifs is 1. The number of methoxy groups -OCH3 is 1. The minimum absolute atomic E-state index is 0.0182. The van der Waals surface area contributed by atoms with Crippen LogP contribution in [0.5, 0.6) is 0 Å². The number of hydrogen-bond acceptors (Lipinski definition) is 3. The molecule has 0 unspecified atom stereocenters. The maximum Gasteiger partial charge on any atom is 0.220 e. The molecule has 25 heavy (non-hydrogen) atoms. The lowest BCUT2D eigenvalue weighted by Crippen LogP contribution is -2.27. The number of aryl methyl sites for hydroxylation is 1. The summed E-state index contributed by atoms with van der Waals surface area (Å²) in [5, 5.41) is 2.86. The third-order valence-corrected chi connectivity index (χ3v) is 4.49. The number of carbonyl (C=O) groups is 1. The number of halogens is 1. The van der Waals surface area contributed by atoms with Gasteiger partial charge in [0.25, 0.3) is 0 Å². The van der Waals surface area contributed by atoms with Crippen LogP contribution in [0.4, 0.5) is 0 Å². The molecule has 0 saturated carbocycles. The molecule has 0 aliphatic rings. The topological polar surface area (TPSA) is 55.6 Å². The van der Waals surface area contributed by atoms with Crippen LogP contribution in [0, 0.1) is 0 Å². The van der Waals surface area contributed by atoms with E-state index in [4.69, 9.17) is 9.72 Å². The lowest BCUT2D eigenvalue weighted by molar-refractivity contribution is -0.121. The van der Waals surface area contributed by atoms with E-state index in [1.165, 1.54) is 0 Å². The number of rotatable bonds is 7. The van der Waals surface area contributed by atoms with Gasteiger partial charge in [0.2, 0.25) is 5.91 Å². The van der Waals surface area contributed by atoms with Gasteiger partial charge in [-0.25, -0.2) is 4.98 Å². The summed E-state index contributed by atoms with van der Waals surface area (Å²) in [6, 6.07) is 14.0. The molecule has 0 radical (unpaired) electrons. The highest BCUT2D eigenvalue weighted by Crippen LogP contribution is 2.26. The molecular weight excluding hydrogens is 382 g/mol. The van der Waals surface area contributed by atoms with Crippen LogP contribution in [0.25, 0.3) is 16.9 Å². The van der Waals surface area contributed by atoms with Gasteiger partial charge in [-0.2, -0.15) is 0 Å². The van der Waals surface area contributed by atoms with Gasteiger partial charge in [-0.3, -0.25) is 4.79 Å². The second-order valence-corrected chi connectivity index (χ2v) is 6.60. The number of imidazole rings is 1. The van der Waals surface area contributed by atoms with Crippen molar-refractivity contribution in [2.24, 2.45) is 0 Å². The zero-order chi connectivity index (χ0) is 17.6. The molecule has 0 spiro atoms. The van der Waals surface area contributed by atoms with Crippen LogP contribution < -0.4 is 5.32 Å². The Hall–Kier alpha value is -2.18. The van der Waals surface area contributed by atoms with E-state index in [-0.39, 0.29) is 5.91 Å². The van der Waals surface area contributed by atoms with Crippen molar-refractivity contribution in [1.29, 1.82) is 0 Å². The average Bonchev–Trinajstić information content (AvgIpc) is 2.99. The van der Waals surface area contributed by atoms with Crippen molar-refractivity contribution >= 4 is 27.5 Å². The van der Waals surface area contributed by atoms with Gasteiger partial charge in [0, 0.05) is 36.3 Å². The van der Waals surface area contributed by atoms with Crippen molar-refractivity contribution < 1.29 is 9.53 Å². The second-order valence-electron chi connectivity index (χ2n) is 5.69. The number of ether oxygens (including phenoxy) is 1. The number of nitrogens with zero attached hydrogens (tertiary/aromatic N) is 2. The van der Waals surface area contributed by atoms with Crippen LogP contribution in [-0.2, 0) is 16.0 Å². The number of hydrogen-bond donors (Lipinski definition) is 1. The molecule has 1 N–H and O–H groups in total. The van der Waals surface area contributed by atoms with Crippen molar-refractivity contribution in [3.05, 3.63) is 58.8 Å². The molecule has 3 rings (SSSR count). The quantitative estimate of drug-likeness (QED) is 0.616. The van der Waals surface area contributed by atoms with Gasteiger partial charge in [0.05, 0.1) is 18.0 Å². The van der Waals surface area contributed by atoms with Crippen LogP contribution >= 0.6 is 15.9 Å². The molecule has 5 nitrogen and oxygen atoms in total. The van der Waals surface area contributed by atoms with Crippen molar-refractivity contribution in [3.8, 4) is 11.3 Å². The van der Waals surface area contributed by atoms with E-state index in [0.29, 0.717) is 26.0 Å². The third kappa shape index (κ3) is 4.27. The number of amides is 1. The second kappa shape index (κ2) is 8.27. The van der Waals surface area contributed by atoms with E-state index in [1.807, 2.05) is 48.7 Å². The summed E-state index contributed by atoms with van der Waals surface area (Å²) in [5.74, 6) is 0.0182. The molecule has 1 aromatic carbocycles. The van der Waals surface area contributed by atoms with E-state index in [0.717, 1.165) is 27.1 Å². The van der Waals surface area contributed by atoms with Gasteiger partial charge in [0.15, 0.2) is 0 Å². The van der Waals surface area contributed by atoms with Gasteiger partial charge >= 0.3 is 0 Å². The van der Waals surface area contributed by atoms with E-state index in [2.05, 4.69) is 25.6 Å². The monoisotopic (exact) mass is 401 g/mol. The first-order chi connectivity index (χ1) is 12.2. The van der Waals surface area contributed by atoms with Crippen LogP contribution in [0.2, 0.25) is 0 Å². The molecule has 3 aromatic rings. The lowest BCUT2D eigenvalue weighted by atomic mass is 10.1. The van der Waals surface area contributed by atoms with E-state index >= 15 is 0 Å². The molecule has 130 valence electrons. The zero-order valence-electron chi connectivity index (χ0n) is 14.0. The molecule has 2 heterocycles. The summed E-state index contributed by atoms with van der Waals surface area (Å²) >= 11 is 3.46. The Balaban J connectivity index is 1.86. The molecule has 0 saturated heterocycles. The lowest BCUT2D eigenvalue weighted by Gasteiger charge is -2.07. The summed E-state index contributed by atoms with van der Waals surface area (Å²) in [6.45, 7) is 1.05. The van der Waals surface area contributed by atoms with E-state index in [1.54, 1.807) is 7.11 Å². The van der Waals surface area contributed by atoms with Gasteiger partial charge in [-0.05, 0) is 30.7 Å². The Kier molecular flexibility index (Phi) is 5.83. The summed E-state index contributed by atoms with van der Waals surface area (Å²) in [6.07, 6.45) is 3.02. The van der Waals surface area contributed by atoms with Crippen molar-refractivity contribution in [1.82, 2.24) is 14.7 Å². The Morgan fingerprint density at radius 3 is 2.80 bits per heavy atom. The normalized spacial score (nSPS) is 11.0. The maximum absolute atomic E-state index is 12.0. The fourth-order valence-electron chi connectivity index (χ4n) is 2.74. The van der Waals surface area contributed by atoms with Crippen molar-refractivity contribution in [2.45, 2.75) is 12.8 Å². The predicted molar refractivity (Wildman–Crippen MR) is 102 cm³/mol. The molecule has 0 bridgehead atoms. The Morgan fingerprint density at radius 2 is 2.04 bits per heavy atom. The largest absolute Gasteiger partial charge is 0.383 e. The Labute approximate surface area is 155 Å². The first-order valence-electron chi connectivity index (χ1n) is 8.16. The molecule has 2 aromatic heterocycles. The third-order valence-electron chi connectivity index (χ3n) is 3.96. The molecule has 0 aliphatic carbocycles. The Morgan fingerprint density at radius 1 is 1.24 bits per heavy atom. The summed E-state index contributed by atoms with van der Waals surface area (Å²) < 4.78 is 8.04. The fourth-order valence-corrected chi connectivity index (χ4v) is 3.00. The molecule has 0 atom stereocenters. The van der Waals surface area contributed by atoms with Crippen LogP contribution in [0.1, 0.15) is 12.1 Å². The fraction of sp³-hybridized carbons (Fsp3) is 0.263. The highest BCUT2D eigenvalue weighted by molar-refractivity contribution is 9.10. The maximum atomic E-state index is 12.0. The van der Waals surface area contributed by atoms with Gasteiger partial charge < -0.3 is 14.5 Å². The standard InChI is InChI=1S/C19H20BrN3O2/c1-25-13-11-21-18(24)10-9-16-19(14-5-7-15(20)8-6-14)22-17-4-2-3-12-23(16)17/h2-8,12H,9-11,13H2,1H3,(H,21,24). The first-order valence-corrected chi connectivity index (χ1v) is 8.96. The summed E-state index contributed by atoms with van der Waals surface area (Å²) in [7, 11) is 1.62. The molecular formula is C19H20BrN3O2. The van der Waals surface area contributed by atoms with E-state index in [9.17, 15) is 4.79 Å². The van der Waals surface area contributed by atoms with Gasteiger partial charge in [0.1, 0.15) is 5.65 Å². The Bertz CT molecular complexity index is 859. The highest BCUT2D eigenvalue weighted by atomic mass is 79.9. The first kappa shape index (κ1) is 17.6. The molecule has 1 amide bonds. The highest BCUT2D eigenvalue weighted by Gasteiger charge is 2.15. The van der Waals surface area contributed by atoms with Gasteiger partial charge in [-0.1, -0.05) is 34.1 Å².